The van der Waals surface area contributed by atoms with E-state index in [1.807, 2.05) is 0 Å². The molecule has 2 heteroatoms. The summed E-state index contributed by atoms with van der Waals surface area (Å²) in [6, 6.07) is 79.6. The van der Waals surface area contributed by atoms with Gasteiger partial charge in [-0.25, -0.2) is 9.97 Å². The van der Waals surface area contributed by atoms with Crippen LogP contribution in [0.15, 0.2) is 218 Å². The highest BCUT2D eigenvalue weighted by Gasteiger charge is 2.47. The molecule has 0 spiro atoms. The second-order valence-corrected chi connectivity index (χ2v) is 17.2. The van der Waals surface area contributed by atoms with Crippen LogP contribution >= 0.6 is 0 Å². The van der Waals surface area contributed by atoms with Crippen molar-refractivity contribution >= 4 is 10.8 Å². The lowest BCUT2D eigenvalue weighted by Gasteiger charge is -2.35. The summed E-state index contributed by atoms with van der Waals surface area (Å²) >= 11 is 0. The van der Waals surface area contributed by atoms with Gasteiger partial charge in [0.1, 0.15) is 0 Å². The van der Waals surface area contributed by atoms with Crippen molar-refractivity contribution in [2.45, 2.75) is 24.7 Å². The lowest BCUT2D eigenvalue weighted by Crippen LogP contribution is -2.29. The molecule has 0 saturated heterocycles. The molecule has 0 N–H and O–H groups in total. The predicted molar refractivity (Wildman–Crippen MR) is 256 cm³/mol. The standard InChI is InChI=1S/C60H42N2/c1-59(2)52-35-19-31-47(56(52)50-36-40-22-12-13-23-41(40)37-53(50)59)44-28-14-15-30-46(44)54-38-55(62-58(61-54)39-20-6-3-7-21-39)49-33-18-32-48-45-29-16-17-34-51(45)60(57(48)49,42-24-8-4-9-25-42)43-26-10-5-11-27-43/h3-38H,1-2H3. The van der Waals surface area contributed by atoms with E-state index >= 15 is 0 Å². The van der Waals surface area contributed by atoms with Crippen LogP contribution in [0.5, 0.6) is 0 Å². The van der Waals surface area contributed by atoms with E-state index in [-0.39, 0.29) is 5.41 Å². The van der Waals surface area contributed by atoms with Crippen molar-refractivity contribution in [2.75, 3.05) is 0 Å². The highest BCUT2D eigenvalue weighted by Crippen LogP contribution is 2.59. The number of benzene rings is 9. The van der Waals surface area contributed by atoms with Gasteiger partial charge in [-0.2, -0.15) is 0 Å². The van der Waals surface area contributed by atoms with Gasteiger partial charge in [-0.3, -0.25) is 0 Å². The van der Waals surface area contributed by atoms with E-state index in [1.165, 1.54) is 72.0 Å². The molecule has 0 unspecified atom stereocenters. The lowest BCUT2D eigenvalue weighted by atomic mass is 9.66. The molecule has 9 aromatic carbocycles. The maximum atomic E-state index is 5.52. The normalized spacial score (nSPS) is 13.9. The largest absolute Gasteiger partial charge is 0.228 e. The third-order valence-electron chi connectivity index (χ3n) is 13.6. The zero-order chi connectivity index (χ0) is 41.4. The van der Waals surface area contributed by atoms with Crippen LogP contribution in [0.4, 0.5) is 0 Å². The van der Waals surface area contributed by atoms with Gasteiger partial charge in [0, 0.05) is 22.1 Å². The summed E-state index contributed by atoms with van der Waals surface area (Å²) in [5.74, 6) is 0.697. The molecular formula is C60H42N2. The molecule has 1 heterocycles. The summed E-state index contributed by atoms with van der Waals surface area (Å²) in [6.45, 7) is 4.74. The quantitative estimate of drug-likeness (QED) is 0.168. The van der Waals surface area contributed by atoms with Gasteiger partial charge in [0.15, 0.2) is 5.82 Å². The van der Waals surface area contributed by atoms with Gasteiger partial charge < -0.3 is 0 Å². The summed E-state index contributed by atoms with van der Waals surface area (Å²) in [7, 11) is 0. The molecule has 10 aromatic rings. The van der Waals surface area contributed by atoms with Gasteiger partial charge >= 0.3 is 0 Å². The third kappa shape index (κ3) is 5.29. The highest BCUT2D eigenvalue weighted by atomic mass is 14.9. The second-order valence-electron chi connectivity index (χ2n) is 17.2. The molecule has 12 rings (SSSR count). The molecule has 0 saturated carbocycles. The smallest absolute Gasteiger partial charge is 0.160 e. The Morgan fingerprint density at radius 2 is 0.839 bits per heavy atom. The molecule has 0 atom stereocenters. The van der Waals surface area contributed by atoms with Crippen molar-refractivity contribution in [2.24, 2.45) is 0 Å². The van der Waals surface area contributed by atoms with Crippen LogP contribution < -0.4 is 0 Å². The molecule has 0 aliphatic heterocycles. The Balaban J connectivity index is 1.13. The molecule has 0 bridgehead atoms. The first-order valence-corrected chi connectivity index (χ1v) is 21.6. The molecule has 62 heavy (non-hydrogen) atoms. The highest BCUT2D eigenvalue weighted by molar-refractivity contribution is 6.01. The van der Waals surface area contributed by atoms with Crippen molar-refractivity contribution in [3.05, 3.63) is 252 Å². The maximum Gasteiger partial charge on any atom is 0.160 e. The van der Waals surface area contributed by atoms with E-state index in [0.29, 0.717) is 5.82 Å². The molecule has 0 fully saturated rings. The summed E-state index contributed by atoms with van der Waals surface area (Å²) < 4.78 is 0. The fourth-order valence-electron chi connectivity index (χ4n) is 10.8. The number of fused-ring (bicyclic) bond motifs is 7. The lowest BCUT2D eigenvalue weighted by molar-refractivity contribution is 0.661. The molecule has 0 amide bonds. The van der Waals surface area contributed by atoms with Crippen LogP contribution in [0.3, 0.4) is 0 Å². The summed E-state index contributed by atoms with van der Waals surface area (Å²) in [6.07, 6.45) is 0. The molecule has 0 radical (unpaired) electrons. The van der Waals surface area contributed by atoms with E-state index in [4.69, 9.17) is 9.97 Å². The Labute approximate surface area is 362 Å². The first-order chi connectivity index (χ1) is 30.5. The Hall–Kier alpha value is -7.68. The Kier molecular flexibility index (Phi) is 8.14. The van der Waals surface area contributed by atoms with Gasteiger partial charge in [0.25, 0.3) is 0 Å². The van der Waals surface area contributed by atoms with Crippen LogP contribution in [0.1, 0.15) is 47.2 Å². The van der Waals surface area contributed by atoms with Gasteiger partial charge in [0.2, 0.25) is 0 Å². The van der Waals surface area contributed by atoms with E-state index < -0.39 is 5.41 Å². The van der Waals surface area contributed by atoms with Crippen molar-refractivity contribution in [1.29, 1.82) is 0 Å². The molecule has 1 aromatic heterocycles. The van der Waals surface area contributed by atoms with E-state index in [0.717, 1.165) is 33.6 Å². The fraction of sp³-hybridized carbons (Fsp3) is 0.0667. The monoisotopic (exact) mass is 790 g/mol. The summed E-state index contributed by atoms with van der Waals surface area (Å²) in [4.78, 5) is 11.0. The van der Waals surface area contributed by atoms with Crippen molar-refractivity contribution in [3.8, 4) is 67.3 Å². The van der Waals surface area contributed by atoms with Crippen LogP contribution in [0, 0.1) is 0 Å². The minimum Gasteiger partial charge on any atom is -0.228 e. The third-order valence-corrected chi connectivity index (χ3v) is 13.6. The van der Waals surface area contributed by atoms with Gasteiger partial charge in [0.05, 0.1) is 16.8 Å². The molecule has 2 aliphatic rings. The Bertz CT molecular complexity index is 3330. The Morgan fingerprint density at radius 3 is 1.55 bits per heavy atom. The summed E-state index contributed by atoms with van der Waals surface area (Å²) in [5, 5.41) is 2.53. The van der Waals surface area contributed by atoms with Crippen LogP contribution in [-0.4, -0.2) is 9.97 Å². The summed E-state index contributed by atoms with van der Waals surface area (Å²) in [5.41, 5.74) is 19.3. The first kappa shape index (κ1) is 36.2. The van der Waals surface area contributed by atoms with Crippen LogP contribution in [0.25, 0.3) is 78.1 Å². The minimum atomic E-state index is -0.587. The zero-order valence-electron chi connectivity index (χ0n) is 34.7. The maximum absolute atomic E-state index is 5.52. The second kappa shape index (κ2) is 13.9. The van der Waals surface area contributed by atoms with Crippen molar-refractivity contribution < 1.29 is 0 Å². The predicted octanol–water partition coefficient (Wildman–Crippen LogP) is 15.0. The molecule has 2 aliphatic carbocycles. The SMILES string of the molecule is CC1(C)c2cc3ccccc3cc2-c2c(-c3ccccc3-c3cc(-c4cccc5c4C(c4ccccc4)(c4ccccc4)c4ccccc4-5)nc(-c4ccccc4)n3)cccc21. The first-order valence-electron chi connectivity index (χ1n) is 21.6. The average Bonchev–Trinajstić information content (AvgIpc) is 3.77. The van der Waals surface area contributed by atoms with Crippen molar-refractivity contribution in [3.63, 3.8) is 0 Å². The van der Waals surface area contributed by atoms with E-state index in [1.54, 1.807) is 0 Å². The molecular weight excluding hydrogens is 749 g/mol. The number of aromatic nitrogens is 2. The minimum absolute atomic E-state index is 0.155. The zero-order valence-corrected chi connectivity index (χ0v) is 34.7. The fourth-order valence-corrected chi connectivity index (χ4v) is 10.8. The van der Waals surface area contributed by atoms with Crippen LogP contribution in [-0.2, 0) is 10.8 Å². The molecule has 2 nitrogen and oxygen atoms in total. The van der Waals surface area contributed by atoms with E-state index in [9.17, 15) is 0 Å². The van der Waals surface area contributed by atoms with Crippen molar-refractivity contribution in [1.82, 2.24) is 9.97 Å². The number of rotatable bonds is 6. The van der Waals surface area contributed by atoms with Crippen LogP contribution in [0.2, 0.25) is 0 Å². The Morgan fingerprint density at radius 1 is 0.339 bits per heavy atom. The van der Waals surface area contributed by atoms with Gasteiger partial charge in [-0.15, -0.1) is 0 Å². The molecule has 292 valence electrons. The topological polar surface area (TPSA) is 25.8 Å². The number of hydrogen-bond acceptors (Lipinski definition) is 2. The number of hydrogen-bond donors (Lipinski definition) is 0. The van der Waals surface area contributed by atoms with Gasteiger partial charge in [-0.1, -0.05) is 214 Å². The van der Waals surface area contributed by atoms with Gasteiger partial charge in [-0.05, 0) is 95.7 Å². The van der Waals surface area contributed by atoms with E-state index in [2.05, 4.69) is 232 Å². The average molecular weight is 791 g/mol. The number of nitrogens with zero attached hydrogens (tertiary/aromatic N) is 2.